The van der Waals surface area contributed by atoms with Crippen LogP contribution < -0.4 is 10.9 Å². The highest BCUT2D eigenvalue weighted by Crippen LogP contribution is 2.23. The molecule has 0 unspecified atom stereocenters. The number of amides is 1. The van der Waals surface area contributed by atoms with E-state index in [1.807, 2.05) is 42.6 Å². The number of pyridine rings is 1. The number of nitrogens with one attached hydrogen (secondary N) is 1. The van der Waals surface area contributed by atoms with E-state index in [2.05, 4.69) is 20.6 Å². The summed E-state index contributed by atoms with van der Waals surface area (Å²) in [7, 11) is 0. The maximum Gasteiger partial charge on any atom is 0.278 e. The van der Waals surface area contributed by atoms with Crippen molar-refractivity contribution in [3.05, 3.63) is 89.0 Å². The highest BCUT2D eigenvalue weighted by molar-refractivity contribution is 7.98. The normalized spacial score (nSPS) is 10.8. The molecule has 2 aromatic heterocycles. The van der Waals surface area contributed by atoms with Crippen molar-refractivity contribution in [1.82, 2.24) is 20.0 Å². The van der Waals surface area contributed by atoms with E-state index in [1.165, 1.54) is 0 Å². The van der Waals surface area contributed by atoms with Crippen LogP contribution in [0.3, 0.4) is 0 Å². The number of aromatic nitrogens is 4. The first-order chi connectivity index (χ1) is 14.2. The molecule has 0 saturated heterocycles. The molecule has 0 fully saturated rings. The third-order valence-electron chi connectivity index (χ3n) is 4.19. The minimum absolute atomic E-state index is 0.200. The van der Waals surface area contributed by atoms with Crippen molar-refractivity contribution in [3.8, 4) is 0 Å². The van der Waals surface area contributed by atoms with Crippen molar-refractivity contribution >= 4 is 34.3 Å². The second-order valence-electron chi connectivity index (χ2n) is 6.29. The molecule has 29 heavy (non-hydrogen) atoms. The smallest absolute Gasteiger partial charge is 0.278 e. The highest BCUT2D eigenvalue weighted by atomic mass is 32.2. The van der Waals surface area contributed by atoms with Gasteiger partial charge < -0.3 is 5.32 Å². The fourth-order valence-corrected chi connectivity index (χ4v) is 3.58. The van der Waals surface area contributed by atoms with Crippen molar-refractivity contribution in [3.63, 3.8) is 0 Å². The molecule has 0 saturated carbocycles. The van der Waals surface area contributed by atoms with Gasteiger partial charge in [0.25, 0.3) is 5.56 Å². The largest absolute Gasteiger partial charge is 0.324 e. The van der Waals surface area contributed by atoms with E-state index in [0.717, 1.165) is 20.9 Å². The second-order valence-corrected chi connectivity index (χ2v) is 7.34. The quantitative estimate of drug-likeness (QED) is 0.498. The second kappa shape index (κ2) is 8.66. The Morgan fingerprint density at radius 2 is 1.86 bits per heavy atom. The minimum atomic E-state index is -0.340. The molecule has 0 spiro atoms. The first kappa shape index (κ1) is 18.8. The zero-order valence-corrected chi connectivity index (χ0v) is 16.2. The van der Waals surface area contributed by atoms with Gasteiger partial charge in [0.1, 0.15) is 12.1 Å². The number of fused-ring (bicyclic) bond motifs is 1. The van der Waals surface area contributed by atoms with Crippen LogP contribution in [0.25, 0.3) is 10.9 Å². The number of carbonyl (C=O) groups is 1. The molecule has 4 aromatic rings. The molecule has 8 heteroatoms. The summed E-state index contributed by atoms with van der Waals surface area (Å²) in [6.07, 6.45) is 3.60. The summed E-state index contributed by atoms with van der Waals surface area (Å²) >= 11 is 1.69. The Morgan fingerprint density at radius 1 is 1.03 bits per heavy atom. The molecule has 0 aliphatic carbocycles. The Hall–Kier alpha value is -3.52. The first-order valence-corrected chi connectivity index (χ1v) is 9.92. The van der Waals surface area contributed by atoms with Crippen LogP contribution in [0.2, 0.25) is 0 Å². The molecular weight excluding hydrogens is 386 g/mol. The molecule has 7 nitrogen and oxygen atoms in total. The highest BCUT2D eigenvalue weighted by Gasteiger charge is 2.10. The summed E-state index contributed by atoms with van der Waals surface area (Å²) in [4.78, 5) is 29.9. The Morgan fingerprint density at radius 3 is 2.66 bits per heavy atom. The Kier molecular flexibility index (Phi) is 5.62. The zero-order valence-electron chi connectivity index (χ0n) is 15.4. The van der Waals surface area contributed by atoms with Crippen LogP contribution in [0.15, 0.2) is 82.7 Å². The van der Waals surface area contributed by atoms with Crippen LogP contribution in [0, 0.1) is 0 Å². The van der Waals surface area contributed by atoms with Crippen molar-refractivity contribution in [2.75, 3.05) is 5.32 Å². The van der Waals surface area contributed by atoms with Crippen LogP contribution >= 0.6 is 11.8 Å². The van der Waals surface area contributed by atoms with E-state index in [9.17, 15) is 9.59 Å². The van der Waals surface area contributed by atoms with Crippen LogP contribution in [0.4, 0.5) is 5.69 Å². The first-order valence-electron chi connectivity index (χ1n) is 8.93. The number of rotatable bonds is 6. The van der Waals surface area contributed by atoms with Crippen molar-refractivity contribution in [2.24, 2.45) is 0 Å². The Bertz CT molecular complexity index is 1190. The summed E-state index contributed by atoms with van der Waals surface area (Å²) in [5.41, 5.74) is 1.97. The van der Waals surface area contributed by atoms with Gasteiger partial charge in [0, 0.05) is 28.7 Å². The lowest BCUT2D eigenvalue weighted by atomic mass is 10.2. The molecule has 2 aromatic carbocycles. The summed E-state index contributed by atoms with van der Waals surface area (Å²) in [5.74, 6) is 0.482. The van der Waals surface area contributed by atoms with Crippen LogP contribution in [-0.2, 0) is 17.1 Å². The van der Waals surface area contributed by atoms with Crippen LogP contribution in [0.1, 0.15) is 5.56 Å². The van der Waals surface area contributed by atoms with E-state index < -0.39 is 0 Å². The van der Waals surface area contributed by atoms with Gasteiger partial charge in [0.15, 0.2) is 0 Å². The van der Waals surface area contributed by atoms with Crippen LogP contribution in [-0.4, -0.2) is 25.9 Å². The number of thioether (sulfide) groups is 1. The number of anilines is 1. The lowest BCUT2D eigenvalue weighted by Gasteiger charge is -2.08. The monoisotopic (exact) mass is 403 g/mol. The molecule has 0 aliphatic heterocycles. The average molecular weight is 403 g/mol. The molecule has 2 heterocycles. The number of benzene rings is 2. The molecule has 144 valence electrons. The summed E-state index contributed by atoms with van der Waals surface area (Å²) in [6, 6.07) is 18.4. The third kappa shape index (κ3) is 4.67. The number of hydrogen-bond acceptors (Lipinski definition) is 6. The van der Waals surface area contributed by atoms with Gasteiger partial charge in [0.2, 0.25) is 5.91 Å². The van der Waals surface area contributed by atoms with Gasteiger partial charge in [0.05, 0.1) is 5.39 Å². The fourth-order valence-electron chi connectivity index (χ4n) is 2.75. The van der Waals surface area contributed by atoms with Gasteiger partial charge in [-0.3, -0.25) is 14.6 Å². The SMILES string of the molecule is O=C(Cn1nnc2ccccc2c1=O)Nc1ccc(SCc2cccnc2)cc1. The molecule has 4 rings (SSSR count). The van der Waals surface area contributed by atoms with Crippen molar-refractivity contribution < 1.29 is 4.79 Å². The van der Waals surface area contributed by atoms with Crippen LogP contribution in [0.5, 0.6) is 0 Å². The number of hydrogen-bond donors (Lipinski definition) is 1. The van der Waals surface area contributed by atoms with E-state index in [1.54, 1.807) is 42.2 Å². The van der Waals surface area contributed by atoms with E-state index in [-0.39, 0.29) is 18.0 Å². The van der Waals surface area contributed by atoms with Crippen molar-refractivity contribution in [1.29, 1.82) is 0 Å². The average Bonchev–Trinajstić information content (AvgIpc) is 2.76. The standard InChI is InChI=1S/C21H17N5O2S/c27-20(13-26-21(28)18-5-1-2-6-19(18)24-25-26)23-16-7-9-17(10-8-16)29-14-15-4-3-11-22-12-15/h1-12H,13-14H2,(H,23,27). The molecule has 0 atom stereocenters. The van der Waals surface area contributed by atoms with Gasteiger partial charge in [-0.25, -0.2) is 4.68 Å². The summed E-state index contributed by atoms with van der Waals surface area (Å²) in [6.45, 7) is -0.200. The molecule has 0 radical (unpaired) electrons. The van der Waals surface area contributed by atoms with Gasteiger partial charge in [-0.05, 0) is 48.0 Å². The number of carbonyl (C=O) groups excluding carboxylic acids is 1. The Balaban J connectivity index is 1.37. The molecule has 1 amide bonds. The maximum absolute atomic E-state index is 12.4. The molecular formula is C21H17N5O2S. The molecule has 1 N–H and O–H groups in total. The molecule has 0 bridgehead atoms. The van der Waals surface area contributed by atoms with Crippen molar-refractivity contribution in [2.45, 2.75) is 17.2 Å². The summed E-state index contributed by atoms with van der Waals surface area (Å²) < 4.78 is 1.07. The number of nitrogens with zero attached hydrogens (tertiary/aromatic N) is 4. The fraction of sp³-hybridized carbons (Fsp3) is 0.0952. The van der Waals surface area contributed by atoms with E-state index in [0.29, 0.717) is 16.6 Å². The predicted molar refractivity (Wildman–Crippen MR) is 113 cm³/mol. The summed E-state index contributed by atoms with van der Waals surface area (Å²) in [5, 5.41) is 11.0. The van der Waals surface area contributed by atoms with E-state index in [4.69, 9.17) is 0 Å². The van der Waals surface area contributed by atoms with Gasteiger partial charge in [-0.2, -0.15) is 0 Å². The van der Waals surface area contributed by atoms with E-state index >= 15 is 0 Å². The van der Waals surface area contributed by atoms with Gasteiger partial charge in [-0.15, -0.1) is 16.9 Å². The molecule has 0 aliphatic rings. The minimum Gasteiger partial charge on any atom is -0.324 e. The maximum atomic E-state index is 12.4. The predicted octanol–water partition coefficient (Wildman–Crippen LogP) is 3.12. The third-order valence-corrected chi connectivity index (χ3v) is 5.27. The van der Waals surface area contributed by atoms with Gasteiger partial charge >= 0.3 is 0 Å². The Labute approximate surface area is 170 Å². The zero-order chi connectivity index (χ0) is 20.1. The lowest BCUT2D eigenvalue weighted by molar-refractivity contribution is -0.117. The lowest BCUT2D eigenvalue weighted by Crippen LogP contribution is -2.30. The van der Waals surface area contributed by atoms with Gasteiger partial charge in [-0.1, -0.05) is 23.4 Å². The topological polar surface area (TPSA) is 89.8 Å².